The highest BCUT2D eigenvalue weighted by Gasteiger charge is 2.24. The van der Waals surface area contributed by atoms with E-state index in [1.165, 1.54) is 0 Å². The molecule has 1 aliphatic rings. The van der Waals surface area contributed by atoms with Crippen LogP contribution in [0.25, 0.3) is 0 Å². The molecule has 2 heterocycles. The van der Waals surface area contributed by atoms with Crippen LogP contribution in [0.3, 0.4) is 0 Å². The van der Waals surface area contributed by atoms with Crippen molar-refractivity contribution in [1.29, 1.82) is 0 Å². The van der Waals surface area contributed by atoms with Gasteiger partial charge in [0.25, 0.3) is 0 Å². The molecule has 2 rings (SSSR count). The highest BCUT2D eigenvalue weighted by molar-refractivity contribution is 5.07. The molecule has 3 heteroatoms. The van der Waals surface area contributed by atoms with E-state index in [1.807, 2.05) is 12.1 Å². The minimum absolute atomic E-state index is 0.154. The van der Waals surface area contributed by atoms with Crippen LogP contribution in [-0.4, -0.2) is 19.3 Å². The molecule has 2 atom stereocenters. The second-order valence-electron chi connectivity index (χ2n) is 2.96. The van der Waals surface area contributed by atoms with E-state index in [9.17, 15) is 0 Å². The molecular weight excluding hydrogens is 168 g/mol. The molecule has 0 N–H and O–H groups in total. The lowest BCUT2D eigenvalue weighted by Crippen LogP contribution is -2.06. The topological polar surface area (TPSA) is 34.9 Å². The lowest BCUT2D eigenvalue weighted by molar-refractivity contribution is 0.0588. The number of epoxide rings is 1. The van der Waals surface area contributed by atoms with E-state index in [1.54, 1.807) is 12.3 Å². The average molecular weight is 180 g/mol. The zero-order valence-electron chi connectivity index (χ0n) is 7.31. The first kappa shape index (κ1) is 8.53. The Labute approximate surface area is 76.9 Å². The Bertz CT molecular complexity index is 262. The Balaban J connectivity index is 1.88. The van der Waals surface area contributed by atoms with Crippen molar-refractivity contribution in [2.24, 2.45) is 0 Å². The number of ether oxygens (including phenoxy) is 2. The monoisotopic (exact) mass is 180 g/mol. The van der Waals surface area contributed by atoms with E-state index in [2.05, 4.69) is 6.58 Å². The molecule has 13 heavy (non-hydrogen) atoms. The highest BCUT2D eigenvalue weighted by Crippen LogP contribution is 2.21. The molecule has 1 fully saturated rings. The van der Waals surface area contributed by atoms with Crippen LogP contribution in [0.5, 0.6) is 0 Å². The van der Waals surface area contributed by atoms with Crippen LogP contribution in [0.2, 0.25) is 0 Å². The van der Waals surface area contributed by atoms with Crippen LogP contribution >= 0.6 is 0 Å². The van der Waals surface area contributed by atoms with Gasteiger partial charge in [-0.05, 0) is 12.1 Å². The molecule has 0 radical (unpaired) electrons. The second kappa shape index (κ2) is 3.77. The molecule has 1 aromatic rings. The van der Waals surface area contributed by atoms with Gasteiger partial charge in [0, 0.05) is 0 Å². The van der Waals surface area contributed by atoms with Crippen molar-refractivity contribution in [3.05, 3.63) is 36.8 Å². The van der Waals surface area contributed by atoms with Crippen molar-refractivity contribution in [3.8, 4) is 0 Å². The molecule has 0 aromatic carbocycles. The van der Waals surface area contributed by atoms with Gasteiger partial charge in [0.1, 0.15) is 18.0 Å². The Hall–Kier alpha value is -1.06. The molecule has 0 saturated carbocycles. The number of furan rings is 1. The van der Waals surface area contributed by atoms with Crippen molar-refractivity contribution < 1.29 is 13.9 Å². The largest absolute Gasteiger partial charge is 0.466 e. The molecule has 0 aliphatic carbocycles. The summed E-state index contributed by atoms with van der Waals surface area (Å²) in [7, 11) is 0. The summed E-state index contributed by atoms with van der Waals surface area (Å²) in [5.41, 5.74) is 0. The summed E-state index contributed by atoms with van der Waals surface area (Å²) in [5, 5.41) is 0. The smallest absolute Gasteiger partial charge is 0.136 e. The van der Waals surface area contributed by atoms with Gasteiger partial charge in [-0.25, -0.2) is 0 Å². The van der Waals surface area contributed by atoms with E-state index < -0.39 is 0 Å². The first-order valence-electron chi connectivity index (χ1n) is 4.29. The van der Waals surface area contributed by atoms with Gasteiger partial charge in [-0.3, -0.25) is 0 Å². The fraction of sp³-hybridized carbons (Fsp3) is 0.400. The summed E-state index contributed by atoms with van der Waals surface area (Å²) in [6.07, 6.45) is 3.47. The highest BCUT2D eigenvalue weighted by atomic mass is 16.6. The van der Waals surface area contributed by atoms with Gasteiger partial charge in [-0.2, -0.15) is 0 Å². The molecule has 70 valence electrons. The SMILES string of the molecule is C=CC(OCC1CO1)c1ccco1. The molecule has 0 bridgehead atoms. The fourth-order valence-corrected chi connectivity index (χ4v) is 1.09. The summed E-state index contributed by atoms with van der Waals surface area (Å²) in [4.78, 5) is 0. The lowest BCUT2D eigenvalue weighted by atomic mass is 10.3. The third-order valence-electron chi connectivity index (χ3n) is 1.90. The van der Waals surface area contributed by atoms with Crippen LogP contribution in [0.15, 0.2) is 35.5 Å². The quantitative estimate of drug-likeness (QED) is 0.513. The van der Waals surface area contributed by atoms with Gasteiger partial charge in [0.2, 0.25) is 0 Å². The minimum atomic E-state index is -0.154. The van der Waals surface area contributed by atoms with E-state index in [-0.39, 0.29) is 12.2 Å². The van der Waals surface area contributed by atoms with E-state index in [0.717, 1.165) is 12.4 Å². The molecule has 2 unspecified atom stereocenters. The standard InChI is InChI=1S/C10H12O3/c1-2-9(10-4-3-5-11-10)13-7-8-6-12-8/h2-5,8-9H,1,6-7H2. The van der Waals surface area contributed by atoms with Crippen molar-refractivity contribution in [2.45, 2.75) is 12.2 Å². The van der Waals surface area contributed by atoms with Gasteiger partial charge >= 0.3 is 0 Å². The minimum Gasteiger partial charge on any atom is -0.466 e. The van der Waals surface area contributed by atoms with Gasteiger partial charge in [-0.15, -0.1) is 6.58 Å². The summed E-state index contributed by atoms with van der Waals surface area (Å²) in [6, 6.07) is 3.71. The number of hydrogen-bond donors (Lipinski definition) is 0. The normalized spacial score (nSPS) is 22.6. The van der Waals surface area contributed by atoms with Crippen LogP contribution in [0, 0.1) is 0 Å². The Kier molecular flexibility index (Phi) is 2.47. The summed E-state index contributed by atoms with van der Waals surface area (Å²) in [6.45, 7) is 5.11. The maximum atomic E-state index is 5.52. The zero-order chi connectivity index (χ0) is 9.10. The van der Waals surface area contributed by atoms with Crippen LogP contribution < -0.4 is 0 Å². The van der Waals surface area contributed by atoms with Crippen molar-refractivity contribution in [1.82, 2.24) is 0 Å². The molecule has 0 spiro atoms. The molecule has 1 saturated heterocycles. The molecule has 3 nitrogen and oxygen atoms in total. The molecule has 0 amide bonds. The fourth-order valence-electron chi connectivity index (χ4n) is 1.09. The maximum absolute atomic E-state index is 5.52. The molecule has 1 aromatic heterocycles. The lowest BCUT2D eigenvalue weighted by Gasteiger charge is -2.09. The predicted molar refractivity (Wildman–Crippen MR) is 47.3 cm³/mol. The average Bonchev–Trinajstić information content (AvgIpc) is 2.81. The molecule has 1 aliphatic heterocycles. The number of rotatable bonds is 5. The third-order valence-corrected chi connectivity index (χ3v) is 1.90. The summed E-state index contributed by atoms with van der Waals surface area (Å²) in [5.74, 6) is 0.788. The van der Waals surface area contributed by atoms with Crippen LogP contribution in [0.1, 0.15) is 11.9 Å². The Morgan fingerprint density at radius 3 is 3.15 bits per heavy atom. The van der Waals surface area contributed by atoms with E-state index in [0.29, 0.717) is 6.61 Å². The van der Waals surface area contributed by atoms with Gasteiger partial charge in [0.15, 0.2) is 0 Å². The van der Waals surface area contributed by atoms with E-state index in [4.69, 9.17) is 13.9 Å². The first-order valence-corrected chi connectivity index (χ1v) is 4.29. The summed E-state index contributed by atoms with van der Waals surface area (Å²) < 4.78 is 15.8. The van der Waals surface area contributed by atoms with Crippen molar-refractivity contribution in [3.63, 3.8) is 0 Å². The van der Waals surface area contributed by atoms with Gasteiger partial charge in [0.05, 0.1) is 19.5 Å². The Morgan fingerprint density at radius 2 is 2.62 bits per heavy atom. The third kappa shape index (κ3) is 2.20. The predicted octanol–water partition coefficient (Wildman–Crippen LogP) is 1.92. The van der Waals surface area contributed by atoms with Gasteiger partial charge < -0.3 is 13.9 Å². The first-order chi connectivity index (χ1) is 6.40. The maximum Gasteiger partial charge on any atom is 0.136 e. The van der Waals surface area contributed by atoms with E-state index >= 15 is 0 Å². The summed E-state index contributed by atoms with van der Waals surface area (Å²) >= 11 is 0. The van der Waals surface area contributed by atoms with Crippen LogP contribution in [0.4, 0.5) is 0 Å². The second-order valence-corrected chi connectivity index (χ2v) is 2.96. The van der Waals surface area contributed by atoms with Crippen molar-refractivity contribution in [2.75, 3.05) is 13.2 Å². The Morgan fingerprint density at radius 1 is 1.77 bits per heavy atom. The zero-order valence-corrected chi connectivity index (χ0v) is 7.31. The van der Waals surface area contributed by atoms with Crippen LogP contribution in [-0.2, 0) is 9.47 Å². The van der Waals surface area contributed by atoms with Gasteiger partial charge in [-0.1, -0.05) is 6.08 Å². The number of hydrogen-bond acceptors (Lipinski definition) is 3. The molecular formula is C10H12O3. The van der Waals surface area contributed by atoms with Crippen molar-refractivity contribution >= 4 is 0 Å².